The summed E-state index contributed by atoms with van der Waals surface area (Å²) >= 11 is 6.53. The summed E-state index contributed by atoms with van der Waals surface area (Å²) in [7, 11) is 0. The number of halogens is 2. The number of benzene rings is 1. The molecule has 0 saturated heterocycles. The highest BCUT2D eigenvalue weighted by molar-refractivity contribution is 9.25. The van der Waals surface area contributed by atoms with Crippen LogP contribution in [0.15, 0.2) is 24.3 Å². The van der Waals surface area contributed by atoms with Gasteiger partial charge in [0.05, 0.1) is 0 Å². The van der Waals surface area contributed by atoms with Gasteiger partial charge in [0, 0.05) is 5.56 Å². The van der Waals surface area contributed by atoms with E-state index in [2.05, 4.69) is 31.9 Å². The van der Waals surface area contributed by atoms with Crippen LogP contribution in [0, 0.1) is 6.92 Å². The number of carbonyl (C=O) groups is 1. The minimum Gasteiger partial charge on any atom is -0.292 e. The normalized spacial score (nSPS) is 11.4. The minimum atomic E-state index is -0.657. The van der Waals surface area contributed by atoms with E-state index in [-0.39, 0.29) is 5.78 Å². The van der Waals surface area contributed by atoms with E-state index in [1.807, 2.05) is 31.2 Å². The Kier molecular flexibility index (Phi) is 3.30. The lowest BCUT2D eigenvalue weighted by atomic mass is 10.1. The van der Waals surface area contributed by atoms with Crippen LogP contribution in [-0.2, 0) is 0 Å². The lowest BCUT2D eigenvalue weighted by Gasteiger charge is -2.12. The molecule has 0 spiro atoms. The van der Waals surface area contributed by atoms with E-state index in [9.17, 15) is 4.79 Å². The molecule has 0 N–H and O–H groups in total. The Labute approximate surface area is 94.8 Å². The molecule has 0 saturated carbocycles. The molecule has 0 radical (unpaired) electrons. The smallest absolute Gasteiger partial charge is 0.189 e. The predicted octanol–water partition coefficient (Wildman–Crippen LogP) is 3.68. The van der Waals surface area contributed by atoms with Gasteiger partial charge in [-0.25, -0.2) is 0 Å². The van der Waals surface area contributed by atoms with Gasteiger partial charge < -0.3 is 0 Å². The molecule has 0 fully saturated rings. The third-order valence-corrected chi connectivity index (χ3v) is 2.43. The van der Waals surface area contributed by atoms with E-state index in [1.165, 1.54) is 0 Å². The zero-order chi connectivity index (χ0) is 10.1. The van der Waals surface area contributed by atoms with Gasteiger partial charge in [-0.05, 0) is 13.8 Å². The summed E-state index contributed by atoms with van der Waals surface area (Å²) in [6.07, 6.45) is 0. The molecule has 3 heteroatoms. The topological polar surface area (TPSA) is 17.1 Å². The van der Waals surface area contributed by atoms with E-state index in [0.717, 1.165) is 5.56 Å². The summed E-state index contributed by atoms with van der Waals surface area (Å²) in [5, 5.41) is 0. The Balaban J connectivity index is 2.97. The first-order valence-corrected chi connectivity index (χ1v) is 5.49. The summed E-state index contributed by atoms with van der Waals surface area (Å²) in [4.78, 5) is 11.7. The molecule has 0 bridgehead atoms. The zero-order valence-electron chi connectivity index (χ0n) is 7.47. The Bertz CT molecular complexity index is 309. The fourth-order valence-corrected chi connectivity index (χ4v) is 1.42. The SMILES string of the molecule is Cc1ccc(C(=O)C(C)(Br)Br)cc1. The van der Waals surface area contributed by atoms with Crippen molar-refractivity contribution in [3.8, 4) is 0 Å². The van der Waals surface area contributed by atoms with Crippen molar-refractivity contribution in [3.05, 3.63) is 35.4 Å². The highest BCUT2D eigenvalue weighted by Crippen LogP contribution is 2.29. The van der Waals surface area contributed by atoms with Crippen molar-refractivity contribution in [3.63, 3.8) is 0 Å². The van der Waals surface area contributed by atoms with Gasteiger partial charge in [0.15, 0.2) is 5.78 Å². The van der Waals surface area contributed by atoms with E-state index in [0.29, 0.717) is 5.56 Å². The average Bonchev–Trinajstić information content (AvgIpc) is 2.03. The van der Waals surface area contributed by atoms with Crippen molar-refractivity contribution in [2.75, 3.05) is 0 Å². The van der Waals surface area contributed by atoms with Crippen molar-refractivity contribution in [1.82, 2.24) is 0 Å². The van der Waals surface area contributed by atoms with Crippen LogP contribution in [0.25, 0.3) is 0 Å². The Morgan fingerprint density at radius 3 is 2.08 bits per heavy atom. The molecule has 70 valence electrons. The van der Waals surface area contributed by atoms with Gasteiger partial charge in [0.1, 0.15) is 3.23 Å². The van der Waals surface area contributed by atoms with Crippen molar-refractivity contribution in [2.45, 2.75) is 17.1 Å². The molecule has 0 amide bonds. The van der Waals surface area contributed by atoms with Crippen LogP contribution in [0.1, 0.15) is 22.8 Å². The van der Waals surface area contributed by atoms with Gasteiger partial charge in [0.2, 0.25) is 0 Å². The lowest BCUT2D eigenvalue weighted by Crippen LogP contribution is -2.20. The maximum Gasteiger partial charge on any atom is 0.189 e. The summed E-state index contributed by atoms with van der Waals surface area (Å²) in [6.45, 7) is 3.77. The van der Waals surface area contributed by atoms with Crippen molar-refractivity contribution >= 4 is 37.6 Å². The summed E-state index contributed by atoms with van der Waals surface area (Å²) < 4.78 is -0.657. The van der Waals surface area contributed by atoms with Gasteiger partial charge in [-0.3, -0.25) is 4.79 Å². The summed E-state index contributed by atoms with van der Waals surface area (Å²) in [5.41, 5.74) is 1.87. The van der Waals surface area contributed by atoms with Crippen LogP contribution in [0.5, 0.6) is 0 Å². The number of Topliss-reactive ketones (excluding diaryl/α,β-unsaturated/α-hetero) is 1. The average molecular weight is 306 g/mol. The van der Waals surface area contributed by atoms with Crippen LogP contribution in [0.3, 0.4) is 0 Å². The number of hydrogen-bond acceptors (Lipinski definition) is 1. The first-order chi connectivity index (χ1) is 5.91. The van der Waals surface area contributed by atoms with Gasteiger partial charge in [-0.1, -0.05) is 61.7 Å². The maximum absolute atomic E-state index is 11.7. The molecule has 0 heterocycles. The molecule has 0 unspecified atom stereocenters. The van der Waals surface area contributed by atoms with Crippen LogP contribution in [0.2, 0.25) is 0 Å². The standard InChI is InChI=1S/C10H10Br2O/c1-7-3-5-8(6-4-7)9(13)10(2,11)12/h3-6H,1-2H3. The molecule has 1 aromatic carbocycles. The Morgan fingerprint density at radius 2 is 1.69 bits per heavy atom. The number of aryl methyl sites for hydroxylation is 1. The minimum absolute atomic E-state index is 0.0347. The number of rotatable bonds is 2. The number of carbonyl (C=O) groups excluding carboxylic acids is 1. The van der Waals surface area contributed by atoms with Crippen LogP contribution in [-0.4, -0.2) is 9.02 Å². The molecule has 1 rings (SSSR count). The van der Waals surface area contributed by atoms with Crippen molar-refractivity contribution in [2.24, 2.45) is 0 Å². The molecule has 0 aliphatic carbocycles. The second-order valence-electron chi connectivity index (χ2n) is 3.08. The molecule has 1 nitrogen and oxygen atoms in total. The molecule has 0 aliphatic heterocycles. The maximum atomic E-state index is 11.7. The molecule has 0 aliphatic rings. The largest absolute Gasteiger partial charge is 0.292 e. The second kappa shape index (κ2) is 3.93. The first-order valence-electron chi connectivity index (χ1n) is 3.90. The molecule has 0 atom stereocenters. The molecular formula is C10H10Br2O. The number of hydrogen-bond donors (Lipinski definition) is 0. The van der Waals surface area contributed by atoms with Gasteiger partial charge >= 0.3 is 0 Å². The quantitative estimate of drug-likeness (QED) is 0.602. The monoisotopic (exact) mass is 304 g/mol. The fourth-order valence-electron chi connectivity index (χ4n) is 0.958. The van der Waals surface area contributed by atoms with E-state index < -0.39 is 3.23 Å². The number of alkyl halides is 2. The van der Waals surface area contributed by atoms with Crippen LogP contribution >= 0.6 is 31.9 Å². The highest BCUT2D eigenvalue weighted by Gasteiger charge is 2.26. The van der Waals surface area contributed by atoms with Crippen LogP contribution < -0.4 is 0 Å². The predicted molar refractivity (Wildman–Crippen MR) is 61.8 cm³/mol. The zero-order valence-corrected chi connectivity index (χ0v) is 10.6. The van der Waals surface area contributed by atoms with Crippen LogP contribution in [0.4, 0.5) is 0 Å². The fraction of sp³-hybridized carbons (Fsp3) is 0.300. The first kappa shape index (κ1) is 10.9. The van der Waals surface area contributed by atoms with Gasteiger partial charge in [-0.15, -0.1) is 0 Å². The second-order valence-corrected chi connectivity index (χ2v) is 7.32. The third-order valence-electron chi connectivity index (χ3n) is 1.71. The van der Waals surface area contributed by atoms with E-state index >= 15 is 0 Å². The highest BCUT2D eigenvalue weighted by atomic mass is 79.9. The van der Waals surface area contributed by atoms with Gasteiger partial charge in [0.25, 0.3) is 0 Å². The molecule has 13 heavy (non-hydrogen) atoms. The Morgan fingerprint density at radius 1 is 1.23 bits per heavy atom. The molecule has 1 aromatic rings. The van der Waals surface area contributed by atoms with Gasteiger partial charge in [-0.2, -0.15) is 0 Å². The Hall–Kier alpha value is -0.150. The summed E-state index contributed by atoms with van der Waals surface area (Å²) in [5.74, 6) is 0.0347. The van der Waals surface area contributed by atoms with E-state index in [4.69, 9.17) is 0 Å². The van der Waals surface area contributed by atoms with Crippen molar-refractivity contribution in [1.29, 1.82) is 0 Å². The number of ketones is 1. The van der Waals surface area contributed by atoms with E-state index in [1.54, 1.807) is 6.92 Å². The summed E-state index contributed by atoms with van der Waals surface area (Å²) in [6, 6.07) is 7.52. The third kappa shape index (κ3) is 2.92. The lowest BCUT2D eigenvalue weighted by molar-refractivity contribution is 0.0988. The molecule has 0 aromatic heterocycles. The van der Waals surface area contributed by atoms with Crippen molar-refractivity contribution < 1.29 is 4.79 Å². The molecular weight excluding hydrogens is 296 g/mol.